The second kappa shape index (κ2) is 6.42. The van der Waals surface area contributed by atoms with Crippen LogP contribution >= 0.6 is 27.5 Å². The zero-order valence-electron chi connectivity index (χ0n) is 10.7. The number of hydrogen-bond acceptors (Lipinski definition) is 2. The van der Waals surface area contributed by atoms with Gasteiger partial charge in [-0.05, 0) is 42.4 Å². The van der Waals surface area contributed by atoms with Crippen molar-refractivity contribution in [2.75, 3.05) is 12.8 Å². The van der Waals surface area contributed by atoms with Crippen LogP contribution in [-0.2, 0) is 13.1 Å². The minimum Gasteiger partial charge on any atom is -0.398 e. The highest BCUT2D eigenvalue weighted by molar-refractivity contribution is 9.10. The lowest BCUT2D eigenvalue weighted by atomic mass is 10.1. The van der Waals surface area contributed by atoms with Gasteiger partial charge in [0.2, 0.25) is 0 Å². The van der Waals surface area contributed by atoms with Crippen molar-refractivity contribution in [1.29, 1.82) is 0 Å². The summed E-state index contributed by atoms with van der Waals surface area (Å²) in [6.45, 7) is 1.69. The first kappa shape index (κ1) is 14.4. The molecule has 2 aromatic carbocycles. The highest BCUT2D eigenvalue weighted by Gasteiger charge is 2.05. The third-order valence-electron chi connectivity index (χ3n) is 2.91. The van der Waals surface area contributed by atoms with Crippen LogP contribution in [-0.4, -0.2) is 11.9 Å². The van der Waals surface area contributed by atoms with Gasteiger partial charge in [0.15, 0.2) is 0 Å². The molecule has 0 saturated heterocycles. The smallest absolute Gasteiger partial charge is 0.0426 e. The maximum absolute atomic E-state index is 5.97. The number of halogens is 2. The predicted octanol–water partition coefficient (Wildman–Crippen LogP) is 4.32. The highest BCUT2D eigenvalue weighted by Crippen LogP contribution is 2.20. The molecule has 0 unspecified atom stereocenters. The van der Waals surface area contributed by atoms with Crippen LogP contribution in [0, 0.1) is 0 Å². The van der Waals surface area contributed by atoms with Gasteiger partial charge in [-0.25, -0.2) is 0 Å². The number of anilines is 1. The summed E-state index contributed by atoms with van der Waals surface area (Å²) >= 11 is 9.34. The van der Waals surface area contributed by atoms with E-state index in [2.05, 4.69) is 52.1 Å². The molecule has 2 aromatic rings. The summed E-state index contributed by atoms with van der Waals surface area (Å²) in [7, 11) is 2.08. The molecule has 0 radical (unpaired) electrons. The lowest BCUT2D eigenvalue weighted by Crippen LogP contribution is -2.18. The van der Waals surface area contributed by atoms with Gasteiger partial charge in [-0.2, -0.15) is 0 Å². The molecule has 0 fully saturated rings. The van der Waals surface area contributed by atoms with Gasteiger partial charge in [0, 0.05) is 28.3 Å². The lowest BCUT2D eigenvalue weighted by molar-refractivity contribution is 0.319. The largest absolute Gasteiger partial charge is 0.398 e. The van der Waals surface area contributed by atoms with E-state index in [0.717, 1.165) is 28.8 Å². The quantitative estimate of drug-likeness (QED) is 0.841. The zero-order valence-corrected chi connectivity index (χ0v) is 13.1. The molecular formula is C15H16BrClN2. The van der Waals surface area contributed by atoms with Crippen LogP contribution in [0.15, 0.2) is 46.9 Å². The van der Waals surface area contributed by atoms with Crippen LogP contribution in [0.3, 0.4) is 0 Å². The Labute approximate surface area is 127 Å². The number of nitrogen functional groups attached to an aromatic ring is 1. The molecule has 0 amide bonds. The van der Waals surface area contributed by atoms with Crippen molar-refractivity contribution in [3.8, 4) is 0 Å². The maximum atomic E-state index is 5.97. The Balaban J connectivity index is 2.01. The molecule has 4 heteroatoms. The normalized spacial score (nSPS) is 10.9. The van der Waals surface area contributed by atoms with Crippen molar-refractivity contribution in [2.45, 2.75) is 13.1 Å². The van der Waals surface area contributed by atoms with E-state index in [0.29, 0.717) is 5.02 Å². The number of nitrogens with two attached hydrogens (primary N) is 1. The Bertz CT molecular complexity index is 555. The molecule has 0 spiro atoms. The van der Waals surface area contributed by atoms with Gasteiger partial charge in [0.1, 0.15) is 0 Å². The number of benzene rings is 2. The highest BCUT2D eigenvalue weighted by atomic mass is 79.9. The third kappa shape index (κ3) is 4.23. The van der Waals surface area contributed by atoms with Crippen molar-refractivity contribution >= 4 is 33.2 Å². The first-order valence-corrected chi connectivity index (χ1v) is 7.18. The Kier molecular flexibility index (Phi) is 4.86. The van der Waals surface area contributed by atoms with E-state index < -0.39 is 0 Å². The molecule has 100 valence electrons. The van der Waals surface area contributed by atoms with Crippen LogP contribution in [0.25, 0.3) is 0 Å². The standard InChI is InChI=1S/C15H16BrClN2/c1-19(9-11-2-5-13(16)6-3-11)10-12-4-7-14(17)8-15(12)18/h2-8H,9-10,18H2,1H3. The summed E-state index contributed by atoms with van der Waals surface area (Å²) in [5.74, 6) is 0. The molecule has 2 N–H and O–H groups in total. The third-order valence-corrected chi connectivity index (χ3v) is 3.68. The monoisotopic (exact) mass is 338 g/mol. The molecule has 0 atom stereocenters. The second-order valence-corrected chi connectivity index (χ2v) is 5.99. The van der Waals surface area contributed by atoms with E-state index in [1.807, 2.05) is 12.1 Å². The molecule has 0 aliphatic heterocycles. The fourth-order valence-corrected chi connectivity index (χ4v) is 2.40. The SMILES string of the molecule is CN(Cc1ccc(Br)cc1)Cc1ccc(Cl)cc1N. The summed E-state index contributed by atoms with van der Waals surface area (Å²) in [6, 6.07) is 14.0. The molecular weight excluding hydrogens is 324 g/mol. The van der Waals surface area contributed by atoms with Gasteiger partial charge in [0.25, 0.3) is 0 Å². The fraction of sp³-hybridized carbons (Fsp3) is 0.200. The Morgan fingerprint density at radius 3 is 2.42 bits per heavy atom. The predicted molar refractivity (Wildman–Crippen MR) is 85.2 cm³/mol. The van der Waals surface area contributed by atoms with Crippen molar-refractivity contribution in [2.24, 2.45) is 0 Å². The van der Waals surface area contributed by atoms with Gasteiger partial charge >= 0.3 is 0 Å². The molecule has 2 nitrogen and oxygen atoms in total. The lowest BCUT2D eigenvalue weighted by Gasteiger charge is -2.18. The van der Waals surface area contributed by atoms with Gasteiger partial charge in [-0.1, -0.05) is 45.7 Å². The van der Waals surface area contributed by atoms with Crippen molar-refractivity contribution < 1.29 is 0 Å². The van der Waals surface area contributed by atoms with Gasteiger partial charge in [-0.3, -0.25) is 4.90 Å². The molecule has 0 saturated carbocycles. The van der Waals surface area contributed by atoms with Crippen LogP contribution in [0.4, 0.5) is 5.69 Å². The van der Waals surface area contributed by atoms with Crippen LogP contribution in [0.5, 0.6) is 0 Å². The van der Waals surface area contributed by atoms with Crippen molar-refractivity contribution in [3.05, 3.63) is 63.1 Å². The molecule has 0 bridgehead atoms. The van der Waals surface area contributed by atoms with Crippen LogP contribution in [0.2, 0.25) is 5.02 Å². The summed E-state index contributed by atoms with van der Waals surface area (Å²) in [5.41, 5.74) is 9.09. The first-order chi connectivity index (χ1) is 9.04. The van der Waals surface area contributed by atoms with Crippen molar-refractivity contribution in [3.63, 3.8) is 0 Å². The maximum Gasteiger partial charge on any atom is 0.0426 e. The van der Waals surface area contributed by atoms with Gasteiger partial charge in [-0.15, -0.1) is 0 Å². The van der Waals surface area contributed by atoms with Gasteiger partial charge in [0.05, 0.1) is 0 Å². The van der Waals surface area contributed by atoms with Crippen LogP contribution in [0.1, 0.15) is 11.1 Å². The molecule has 0 aliphatic carbocycles. The van der Waals surface area contributed by atoms with E-state index in [9.17, 15) is 0 Å². The Morgan fingerprint density at radius 1 is 1.11 bits per heavy atom. The topological polar surface area (TPSA) is 29.3 Å². The summed E-state index contributed by atoms with van der Waals surface area (Å²) in [5, 5.41) is 0.678. The average Bonchev–Trinajstić information content (AvgIpc) is 2.36. The average molecular weight is 340 g/mol. The molecule has 2 rings (SSSR count). The van der Waals surface area contributed by atoms with E-state index >= 15 is 0 Å². The van der Waals surface area contributed by atoms with Crippen molar-refractivity contribution in [1.82, 2.24) is 4.90 Å². The van der Waals surface area contributed by atoms with E-state index in [1.54, 1.807) is 6.07 Å². The van der Waals surface area contributed by atoms with E-state index in [-0.39, 0.29) is 0 Å². The Hall–Kier alpha value is -1.03. The zero-order chi connectivity index (χ0) is 13.8. The molecule has 0 heterocycles. The number of hydrogen-bond donors (Lipinski definition) is 1. The minimum absolute atomic E-state index is 0.678. The van der Waals surface area contributed by atoms with E-state index in [1.165, 1.54) is 5.56 Å². The van der Waals surface area contributed by atoms with Crippen LogP contribution < -0.4 is 5.73 Å². The number of rotatable bonds is 4. The first-order valence-electron chi connectivity index (χ1n) is 6.01. The second-order valence-electron chi connectivity index (χ2n) is 4.64. The fourth-order valence-electron chi connectivity index (χ4n) is 1.96. The molecule has 19 heavy (non-hydrogen) atoms. The molecule has 0 aliphatic rings. The van der Waals surface area contributed by atoms with Gasteiger partial charge < -0.3 is 5.73 Å². The summed E-state index contributed by atoms with van der Waals surface area (Å²) in [4.78, 5) is 2.23. The Morgan fingerprint density at radius 2 is 1.79 bits per heavy atom. The summed E-state index contributed by atoms with van der Waals surface area (Å²) in [6.07, 6.45) is 0. The number of nitrogens with zero attached hydrogens (tertiary/aromatic N) is 1. The minimum atomic E-state index is 0.678. The molecule has 0 aromatic heterocycles. The summed E-state index contributed by atoms with van der Waals surface area (Å²) < 4.78 is 1.10. The van der Waals surface area contributed by atoms with E-state index in [4.69, 9.17) is 17.3 Å².